The van der Waals surface area contributed by atoms with Gasteiger partial charge >= 0.3 is 0 Å². The molecule has 1 atom stereocenters. The zero-order valence-electron chi connectivity index (χ0n) is 11.4. The fourth-order valence-electron chi connectivity index (χ4n) is 2.41. The molecule has 1 aromatic rings. The lowest BCUT2D eigenvalue weighted by Crippen LogP contribution is -2.41. The van der Waals surface area contributed by atoms with Crippen LogP contribution < -0.4 is 10.1 Å². The van der Waals surface area contributed by atoms with Crippen LogP contribution in [-0.2, 0) is 17.6 Å². The Kier molecular flexibility index (Phi) is 5.02. The zero-order chi connectivity index (χ0) is 12.8. The van der Waals surface area contributed by atoms with Gasteiger partial charge in [-0.3, -0.25) is 0 Å². The Balaban J connectivity index is 1.92. The molecule has 0 spiro atoms. The summed E-state index contributed by atoms with van der Waals surface area (Å²) in [6.45, 7) is 4.83. The van der Waals surface area contributed by atoms with Crippen LogP contribution in [-0.4, -0.2) is 32.9 Å². The van der Waals surface area contributed by atoms with Crippen LogP contribution in [0.15, 0.2) is 18.2 Å². The van der Waals surface area contributed by atoms with Crippen molar-refractivity contribution in [3.63, 3.8) is 0 Å². The summed E-state index contributed by atoms with van der Waals surface area (Å²) in [6.07, 6.45) is 3.25. The van der Waals surface area contributed by atoms with Crippen molar-refractivity contribution in [1.29, 1.82) is 0 Å². The predicted molar refractivity (Wildman–Crippen MR) is 73.3 cm³/mol. The van der Waals surface area contributed by atoms with Crippen LogP contribution in [0.1, 0.15) is 24.5 Å². The Labute approximate surface area is 109 Å². The molecule has 2 rings (SSSR count). The minimum atomic E-state index is 0.505. The first-order chi connectivity index (χ1) is 8.83. The summed E-state index contributed by atoms with van der Waals surface area (Å²) < 4.78 is 10.8. The molecule has 1 N–H and O–H groups in total. The van der Waals surface area contributed by atoms with Gasteiger partial charge in [-0.05, 0) is 36.5 Å². The number of methoxy groups -OCH3 is 1. The first-order valence-corrected chi connectivity index (χ1v) is 6.80. The van der Waals surface area contributed by atoms with Crippen molar-refractivity contribution < 1.29 is 9.47 Å². The van der Waals surface area contributed by atoms with E-state index in [0.29, 0.717) is 6.04 Å². The first kappa shape index (κ1) is 13.4. The lowest BCUT2D eigenvalue weighted by Gasteiger charge is -2.23. The summed E-state index contributed by atoms with van der Waals surface area (Å²) in [4.78, 5) is 0. The fraction of sp³-hybridized carbons (Fsp3) is 0.600. The van der Waals surface area contributed by atoms with E-state index in [1.54, 1.807) is 7.11 Å². The van der Waals surface area contributed by atoms with Gasteiger partial charge in [0, 0.05) is 12.6 Å². The number of ether oxygens (including phenoxy) is 2. The Bertz CT molecular complexity index is 373. The average Bonchev–Trinajstić information content (AvgIpc) is 2.45. The first-order valence-electron chi connectivity index (χ1n) is 6.80. The zero-order valence-corrected chi connectivity index (χ0v) is 11.4. The Morgan fingerprint density at radius 1 is 1.44 bits per heavy atom. The molecule has 0 aromatic heterocycles. The maximum Gasteiger partial charge on any atom is 0.122 e. The molecule has 0 amide bonds. The van der Waals surface area contributed by atoms with E-state index in [1.807, 2.05) is 0 Å². The van der Waals surface area contributed by atoms with Gasteiger partial charge in [-0.1, -0.05) is 19.1 Å². The summed E-state index contributed by atoms with van der Waals surface area (Å²) in [6, 6.07) is 7.02. The van der Waals surface area contributed by atoms with Gasteiger partial charge in [-0.15, -0.1) is 0 Å². The number of hydrogen-bond acceptors (Lipinski definition) is 3. The van der Waals surface area contributed by atoms with E-state index in [1.165, 1.54) is 11.1 Å². The Hall–Kier alpha value is -1.06. The molecule has 0 bridgehead atoms. The molecule has 1 saturated heterocycles. The van der Waals surface area contributed by atoms with Crippen molar-refractivity contribution in [2.24, 2.45) is 0 Å². The van der Waals surface area contributed by atoms with Gasteiger partial charge in [0.2, 0.25) is 0 Å². The van der Waals surface area contributed by atoms with Gasteiger partial charge in [0.25, 0.3) is 0 Å². The van der Waals surface area contributed by atoms with E-state index >= 15 is 0 Å². The van der Waals surface area contributed by atoms with E-state index in [4.69, 9.17) is 9.47 Å². The summed E-state index contributed by atoms with van der Waals surface area (Å²) in [7, 11) is 1.73. The lowest BCUT2D eigenvalue weighted by atomic mass is 10.0. The third-order valence-electron chi connectivity index (χ3n) is 3.51. The van der Waals surface area contributed by atoms with Gasteiger partial charge < -0.3 is 14.8 Å². The van der Waals surface area contributed by atoms with Gasteiger partial charge in [-0.2, -0.15) is 0 Å². The van der Waals surface area contributed by atoms with Crippen LogP contribution in [0.3, 0.4) is 0 Å². The molecule has 3 heteroatoms. The van der Waals surface area contributed by atoms with Gasteiger partial charge in [0.1, 0.15) is 5.75 Å². The summed E-state index contributed by atoms with van der Waals surface area (Å²) in [5.74, 6) is 1.00. The molecule has 0 aliphatic carbocycles. The third kappa shape index (κ3) is 3.47. The maximum atomic E-state index is 5.47. The lowest BCUT2D eigenvalue weighted by molar-refractivity contribution is 0.0743. The smallest absolute Gasteiger partial charge is 0.122 e. The Morgan fingerprint density at radius 2 is 2.33 bits per heavy atom. The largest absolute Gasteiger partial charge is 0.496 e. The predicted octanol–water partition coefficient (Wildman–Crippen LogP) is 2.18. The van der Waals surface area contributed by atoms with E-state index < -0.39 is 0 Å². The summed E-state index contributed by atoms with van der Waals surface area (Å²) in [5, 5.41) is 3.49. The van der Waals surface area contributed by atoms with Crippen molar-refractivity contribution >= 4 is 0 Å². The topological polar surface area (TPSA) is 30.5 Å². The molecule has 100 valence electrons. The molecule has 18 heavy (non-hydrogen) atoms. The van der Waals surface area contributed by atoms with Crippen LogP contribution in [0.4, 0.5) is 0 Å². The molecule has 1 aromatic carbocycles. The number of morpholine rings is 1. The second-order valence-electron chi connectivity index (χ2n) is 4.76. The summed E-state index contributed by atoms with van der Waals surface area (Å²) in [5.41, 5.74) is 2.68. The fourth-order valence-corrected chi connectivity index (χ4v) is 2.41. The number of benzene rings is 1. The number of aryl methyl sites for hydroxylation is 2. The highest BCUT2D eigenvalue weighted by Crippen LogP contribution is 2.21. The number of hydrogen-bond donors (Lipinski definition) is 1. The molecule has 1 fully saturated rings. The van der Waals surface area contributed by atoms with Gasteiger partial charge in [0.05, 0.1) is 20.3 Å². The van der Waals surface area contributed by atoms with E-state index in [0.717, 1.165) is 44.8 Å². The minimum Gasteiger partial charge on any atom is -0.496 e. The van der Waals surface area contributed by atoms with Crippen molar-refractivity contribution in [1.82, 2.24) is 5.32 Å². The van der Waals surface area contributed by atoms with Crippen molar-refractivity contribution in [2.45, 2.75) is 32.2 Å². The summed E-state index contributed by atoms with van der Waals surface area (Å²) >= 11 is 0. The standard InChI is InChI=1S/C15H23NO2/c1-3-13-10-12(5-7-15(13)17-2)4-6-14-11-18-9-8-16-14/h5,7,10,14,16H,3-4,6,8-9,11H2,1-2H3. The molecular formula is C15H23NO2. The highest BCUT2D eigenvalue weighted by Gasteiger charge is 2.12. The second-order valence-corrected chi connectivity index (χ2v) is 4.76. The normalized spacial score (nSPS) is 19.8. The van der Waals surface area contributed by atoms with Crippen LogP contribution in [0.2, 0.25) is 0 Å². The molecule has 1 heterocycles. The van der Waals surface area contributed by atoms with Gasteiger partial charge in [-0.25, -0.2) is 0 Å². The molecule has 3 nitrogen and oxygen atoms in total. The molecule has 1 aliphatic heterocycles. The molecule has 0 saturated carbocycles. The molecule has 1 unspecified atom stereocenters. The molecule has 1 aliphatic rings. The third-order valence-corrected chi connectivity index (χ3v) is 3.51. The van der Waals surface area contributed by atoms with Crippen LogP contribution in [0, 0.1) is 0 Å². The van der Waals surface area contributed by atoms with E-state index in [-0.39, 0.29) is 0 Å². The van der Waals surface area contributed by atoms with E-state index in [2.05, 4.69) is 30.4 Å². The van der Waals surface area contributed by atoms with Crippen LogP contribution in [0.5, 0.6) is 5.75 Å². The maximum absolute atomic E-state index is 5.47. The molecule has 0 radical (unpaired) electrons. The minimum absolute atomic E-state index is 0.505. The molecular weight excluding hydrogens is 226 g/mol. The average molecular weight is 249 g/mol. The van der Waals surface area contributed by atoms with Gasteiger partial charge in [0.15, 0.2) is 0 Å². The number of rotatable bonds is 5. The number of nitrogens with one attached hydrogen (secondary N) is 1. The van der Waals surface area contributed by atoms with Crippen molar-refractivity contribution in [2.75, 3.05) is 26.9 Å². The van der Waals surface area contributed by atoms with Crippen molar-refractivity contribution in [3.8, 4) is 5.75 Å². The van der Waals surface area contributed by atoms with Crippen LogP contribution in [0.25, 0.3) is 0 Å². The highest BCUT2D eigenvalue weighted by molar-refractivity contribution is 5.37. The monoisotopic (exact) mass is 249 g/mol. The van der Waals surface area contributed by atoms with Crippen molar-refractivity contribution in [3.05, 3.63) is 29.3 Å². The van der Waals surface area contributed by atoms with Crippen LogP contribution >= 0.6 is 0 Å². The quantitative estimate of drug-likeness (QED) is 0.867. The highest BCUT2D eigenvalue weighted by atomic mass is 16.5. The SMILES string of the molecule is CCc1cc(CCC2COCCN2)ccc1OC. The van der Waals surface area contributed by atoms with E-state index in [9.17, 15) is 0 Å². The Morgan fingerprint density at radius 3 is 3.00 bits per heavy atom. The second kappa shape index (κ2) is 6.76.